The monoisotopic (exact) mass is 772 g/mol. The van der Waals surface area contributed by atoms with E-state index in [9.17, 15) is 71.2 Å². The van der Waals surface area contributed by atoms with Gasteiger partial charge in [0.15, 0.2) is 23.5 Å². The molecule has 298 valence electrons. The number of hydrogen-bond donors (Lipinski definition) is 13. The van der Waals surface area contributed by atoms with Crippen LogP contribution < -0.4 is 14.9 Å². The Morgan fingerprint density at radius 1 is 0.648 bits per heavy atom. The van der Waals surface area contributed by atoms with Gasteiger partial charge in [-0.3, -0.25) is 4.79 Å². The van der Waals surface area contributed by atoms with Crippen molar-refractivity contribution in [2.24, 2.45) is 0 Å². The maximum absolute atomic E-state index is 13.9. The van der Waals surface area contributed by atoms with E-state index in [1.54, 1.807) is 0 Å². The number of phenolic OH excluding ortho intramolecular Hbond substituents is 3. The van der Waals surface area contributed by atoms with Gasteiger partial charge in [-0.2, -0.15) is 0 Å². The highest BCUT2D eigenvalue weighted by atomic mass is 16.7. The second-order valence-electron chi connectivity index (χ2n) is 13.1. The standard InChI is InChI=1S/C33H40O21/c1-9-19(38)23(42)26(45)31(49-9)48-8-17-21(40)25(44)28(47)33(53-17)54-30-22(41)18-13(37)5-11(35)6-15(18)50-29(30)10-2-3-14(12(36)4-10)51-32-27(46)24(43)20(39)16(7-34)52-32/h2-6,9,16-17,19-21,23-28,31-40,42-47H,7-8H2,1H3/t9-,16-,17-,19-,20-,21-,23-,24-,25-,26+,27-,28-,31+,32-,33-/m0/s1. The minimum absolute atomic E-state index is 0.144. The van der Waals surface area contributed by atoms with Gasteiger partial charge in [0.2, 0.25) is 23.8 Å². The van der Waals surface area contributed by atoms with Crippen LogP contribution >= 0.6 is 0 Å². The van der Waals surface area contributed by atoms with E-state index in [4.69, 9.17) is 32.8 Å². The molecule has 0 radical (unpaired) electrons. The topological polar surface area (TPSA) is 349 Å². The second-order valence-corrected chi connectivity index (χ2v) is 13.1. The molecule has 54 heavy (non-hydrogen) atoms. The summed E-state index contributed by atoms with van der Waals surface area (Å²) in [6, 6.07) is 5.11. The van der Waals surface area contributed by atoms with E-state index in [2.05, 4.69) is 0 Å². The van der Waals surface area contributed by atoms with Crippen LogP contribution in [0.1, 0.15) is 6.92 Å². The van der Waals surface area contributed by atoms with Crippen molar-refractivity contribution in [3.05, 3.63) is 40.6 Å². The van der Waals surface area contributed by atoms with Gasteiger partial charge in [0.05, 0.1) is 19.3 Å². The average Bonchev–Trinajstić information content (AvgIpc) is 3.13. The van der Waals surface area contributed by atoms with Crippen LogP contribution in [0.25, 0.3) is 22.3 Å². The quantitative estimate of drug-likeness (QED) is 0.0980. The van der Waals surface area contributed by atoms with Crippen molar-refractivity contribution in [1.29, 1.82) is 0 Å². The van der Waals surface area contributed by atoms with Crippen molar-refractivity contribution < 1.29 is 99.2 Å². The SMILES string of the molecule is C[C@@H]1O[C@@H](OC[C@@H]2O[C@@H](Oc3c(-c4ccc(O[C@H]5O[C@@H](CO)[C@H](O)[C@H](O)[C@@H]5O)c(O)c4)oc4cc(O)cc(O)c4c3=O)[C@@H](O)[C@@H](O)[C@H]2O)[C@H](O)[C@@H](O)[C@H]1O. The third kappa shape index (κ3) is 7.39. The van der Waals surface area contributed by atoms with Crippen molar-refractivity contribution in [3.63, 3.8) is 0 Å². The number of aliphatic hydroxyl groups excluding tert-OH is 10. The molecule has 0 bridgehead atoms. The van der Waals surface area contributed by atoms with E-state index >= 15 is 0 Å². The van der Waals surface area contributed by atoms with Crippen LogP contribution in [0.5, 0.6) is 28.7 Å². The van der Waals surface area contributed by atoms with Gasteiger partial charge in [-0.25, -0.2) is 0 Å². The maximum atomic E-state index is 13.9. The lowest BCUT2D eigenvalue weighted by Crippen LogP contribution is -2.61. The molecule has 4 heterocycles. The van der Waals surface area contributed by atoms with Gasteiger partial charge in [0, 0.05) is 17.7 Å². The zero-order valence-electron chi connectivity index (χ0n) is 28.0. The number of aliphatic hydroxyl groups is 10. The first-order valence-corrected chi connectivity index (χ1v) is 16.5. The molecule has 0 unspecified atom stereocenters. The number of aromatic hydroxyl groups is 3. The Kier molecular flexibility index (Phi) is 11.5. The summed E-state index contributed by atoms with van der Waals surface area (Å²) in [4.78, 5) is 13.9. The summed E-state index contributed by atoms with van der Waals surface area (Å²) in [5.74, 6) is -3.59. The Morgan fingerprint density at radius 3 is 1.89 bits per heavy atom. The average molecular weight is 773 g/mol. The van der Waals surface area contributed by atoms with Crippen molar-refractivity contribution >= 4 is 11.0 Å². The first kappa shape index (κ1) is 39.8. The summed E-state index contributed by atoms with van der Waals surface area (Å²) in [7, 11) is 0. The lowest BCUT2D eigenvalue weighted by Gasteiger charge is -2.42. The third-order valence-electron chi connectivity index (χ3n) is 9.37. The van der Waals surface area contributed by atoms with Crippen LogP contribution in [-0.4, -0.2) is 172 Å². The highest BCUT2D eigenvalue weighted by Gasteiger charge is 2.48. The van der Waals surface area contributed by atoms with Gasteiger partial charge in [-0.15, -0.1) is 0 Å². The Labute approximate surface area is 303 Å². The highest BCUT2D eigenvalue weighted by Crippen LogP contribution is 2.40. The number of benzene rings is 2. The first-order valence-electron chi connectivity index (χ1n) is 16.5. The van der Waals surface area contributed by atoms with Crippen LogP contribution in [-0.2, 0) is 18.9 Å². The fourth-order valence-electron chi connectivity index (χ4n) is 6.22. The van der Waals surface area contributed by atoms with Gasteiger partial charge < -0.3 is 99.2 Å². The number of fused-ring (bicyclic) bond motifs is 1. The van der Waals surface area contributed by atoms with Gasteiger partial charge in [-0.1, -0.05) is 0 Å². The maximum Gasteiger partial charge on any atom is 0.239 e. The molecule has 3 aliphatic rings. The molecule has 15 atom stereocenters. The van der Waals surface area contributed by atoms with Crippen molar-refractivity contribution in [2.75, 3.05) is 13.2 Å². The van der Waals surface area contributed by atoms with Crippen molar-refractivity contribution in [3.8, 4) is 40.1 Å². The normalized spacial score (nSPS) is 37.3. The molecule has 2 aromatic carbocycles. The molecule has 1 aromatic heterocycles. The fourth-order valence-corrected chi connectivity index (χ4v) is 6.22. The molecule has 0 amide bonds. The van der Waals surface area contributed by atoms with E-state index < -0.39 is 145 Å². The van der Waals surface area contributed by atoms with Gasteiger partial charge >= 0.3 is 0 Å². The first-order chi connectivity index (χ1) is 25.5. The smallest absolute Gasteiger partial charge is 0.239 e. The van der Waals surface area contributed by atoms with Gasteiger partial charge in [0.1, 0.15) is 89.6 Å². The fraction of sp³-hybridized carbons (Fsp3) is 0.545. The molecule has 3 saturated heterocycles. The Balaban J connectivity index is 1.31. The molecule has 13 N–H and O–H groups in total. The largest absolute Gasteiger partial charge is 0.508 e. The molecular weight excluding hydrogens is 732 g/mol. The molecule has 21 nitrogen and oxygen atoms in total. The minimum atomic E-state index is -2.05. The predicted octanol–water partition coefficient (Wildman–Crippen LogP) is -4.21. The zero-order valence-corrected chi connectivity index (χ0v) is 28.0. The van der Waals surface area contributed by atoms with Gasteiger partial charge in [0.25, 0.3) is 0 Å². The molecule has 0 saturated carbocycles. The molecule has 0 aliphatic carbocycles. The van der Waals surface area contributed by atoms with Crippen LogP contribution in [0.15, 0.2) is 39.5 Å². The van der Waals surface area contributed by atoms with E-state index in [1.165, 1.54) is 13.0 Å². The summed E-state index contributed by atoms with van der Waals surface area (Å²) in [5.41, 5.74) is -1.62. The Hall–Kier alpha value is -3.91. The van der Waals surface area contributed by atoms with Crippen LogP contribution in [0.3, 0.4) is 0 Å². The van der Waals surface area contributed by atoms with E-state index in [0.717, 1.165) is 24.3 Å². The summed E-state index contributed by atoms with van der Waals surface area (Å²) in [5, 5.41) is 134. The lowest BCUT2D eigenvalue weighted by atomic mass is 9.98. The molecule has 6 rings (SSSR count). The van der Waals surface area contributed by atoms with E-state index in [0.29, 0.717) is 0 Å². The van der Waals surface area contributed by atoms with Gasteiger partial charge in [-0.05, 0) is 25.1 Å². The summed E-state index contributed by atoms with van der Waals surface area (Å²) in [6.07, 6.45) is -25.1. The van der Waals surface area contributed by atoms with Crippen molar-refractivity contribution in [1.82, 2.24) is 0 Å². The number of ether oxygens (including phenoxy) is 6. The van der Waals surface area contributed by atoms with E-state index in [1.807, 2.05) is 0 Å². The Bertz CT molecular complexity index is 1850. The van der Waals surface area contributed by atoms with Crippen LogP contribution in [0.2, 0.25) is 0 Å². The molecule has 3 aromatic rings. The number of hydrogen-bond acceptors (Lipinski definition) is 21. The van der Waals surface area contributed by atoms with Crippen molar-refractivity contribution in [2.45, 2.75) is 99.0 Å². The Morgan fingerprint density at radius 2 is 1.24 bits per heavy atom. The molecule has 3 aliphatic heterocycles. The van der Waals surface area contributed by atoms with E-state index in [-0.39, 0.29) is 16.9 Å². The number of phenols is 3. The predicted molar refractivity (Wildman–Crippen MR) is 173 cm³/mol. The molecule has 0 spiro atoms. The minimum Gasteiger partial charge on any atom is -0.508 e. The van der Waals surface area contributed by atoms with Crippen LogP contribution in [0.4, 0.5) is 0 Å². The summed E-state index contributed by atoms with van der Waals surface area (Å²) in [6.45, 7) is -0.0102. The number of rotatable bonds is 9. The third-order valence-corrected chi connectivity index (χ3v) is 9.37. The summed E-state index contributed by atoms with van der Waals surface area (Å²) < 4.78 is 38.9. The van der Waals surface area contributed by atoms with Crippen LogP contribution in [0, 0.1) is 0 Å². The lowest BCUT2D eigenvalue weighted by molar-refractivity contribution is -0.318. The highest BCUT2D eigenvalue weighted by molar-refractivity contribution is 5.88. The zero-order chi connectivity index (χ0) is 39.3. The molecule has 21 heteroatoms. The molecular formula is C33H40O21. The summed E-state index contributed by atoms with van der Waals surface area (Å²) >= 11 is 0. The second kappa shape index (κ2) is 15.7. The molecule has 3 fully saturated rings.